The summed E-state index contributed by atoms with van der Waals surface area (Å²) in [6.07, 6.45) is 0. The number of fused-ring (bicyclic) bond motifs is 9. The van der Waals surface area contributed by atoms with Gasteiger partial charge in [-0.1, -0.05) is 200 Å². The third kappa shape index (κ3) is 6.05. The fourth-order valence-electron chi connectivity index (χ4n) is 10.2. The molecule has 11 aromatic carbocycles. The van der Waals surface area contributed by atoms with Crippen molar-refractivity contribution in [3.63, 3.8) is 0 Å². The van der Waals surface area contributed by atoms with Crippen molar-refractivity contribution in [3.05, 3.63) is 237 Å². The van der Waals surface area contributed by atoms with Gasteiger partial charge in [0.2, 0.25) is 0 Å². The Balaban J connectivity index is 1.03. The summed E-state index contributed by atoms with van der Waals surface area (Å²) >= 11 is 0. The first-order valence-electron chi connectivity index (χ1n) is 22.2. The highest BCUT2D eigenvalue weighted by Gasteiger charge is 2.22. The summed E-state index contributed by atoms with van der Waals surface area (Å²) in [6, 6.07) is 85.2. The Kier molecular flexibility index (Phi) is 8.53. The maximum absolute atomic E-state index is 5.43. The number of aromatic nitrogens is 3. The van der Waals surface area contributed by atoms with Gasteiger partial charge in [-0.3, -0.25) is 0 Å². The molecule has 0 fully saturated rings. The second-order valence-corrected chi connectivity index (χ2v) is 16.9. The molecule has 302 valence electrons. The zero-order valence-corrected chi connectivity index (χ0v) is 35.4. The van der Waals surface area contributed by atoms with Gasteiger partial charge in [0.05, 0.1) is 39.1 Å². The summed E-state index contributed by atoms with van der Waals surface area (Å²) in [5.41, 5.74) is 16.1. The first-order valence-corrected chi connectivity index (χ1v) is 22.2. The number of benzene rings is 11. The van der Waals surface area contributed by atoms with Crippen LogP contribution in [0.4, 0.5) is 0 Å². The van der Waals surface area contributed by atoms with E-state index in [1.165, 1.54) is 71.2 Å². The molecule has 2 aromatic heterocycles. The normalized spacial score (nSPS) is 11.7. The van der Waals surface area contributed by atoms with Crippen molar-refractivity contribution in [1.82, 2.24) is 14.5 Å². The monoisotopic (exact) mass is 825 g/mol. The minimum absolute atomic E-state index is 0.855. The summed E-state index contributed by atoms with van der Waals surface area (Å²) in [5, 5.41) is 9.75. The van der Waals surface area contributed by atoms with E-state index in [0.717, 1.165) is 55.6 Å². The fourth-order valence-corrected chi connectivity index (χ4v) is 10.2. The number of hydrogen-bond donors (Lipinski definition) is 0. The molecule has 0 aliphatic rings. The molecule has 0 N–H and O–H groups in total. The van der Waals surface area contributed by atoms with E-state index in [1.54, 1.807) is 0 Å². The van der Waals surface area contributed by atoms with Gasteiger partial charge in [0.15, 0.2) is 0 Å². The Morgan fingerprint density at radius 3 is 1.57 bits per heavy atom. The molecular formula is C62H39N3. The van der Waals surface area contributed by atoms with Crippen molar-refractivity contribution in [3.8, 4) is 61.6 Å². The van der Waals surface area contributed by atoms with Crippen LogP contribution in [0, 0.1) is 0 Å². The first kappa shape index (κ1) is 36.9. The van der Waals surface area contributed by atoms with Crippen molar-refractivity contribution >= 4 is 65.2 Å². The third-order valence-electron chi connectivity index (χ3n) is 13.2. The molecule has 13 rings (SSSR count). The van der Waals surface area contributed by atoms with Gasteiger partial charge in [-0.2, -0.15) is 0 Å². The minimum atomic E-state index is 0.855. The Bertz CT molecular complexity index is 3980. The van der Waals surface area contributed by atoms with Crippen LogP contribution in [-0.2, 0) is 0 Å². The number of hydrogen-bond acceptors (Lipinski definition) is 2. The fraction of sp³-hybridized carbons (Fsp3) is 0. The maximum Gasteiger partial charge on any atom is 0.0979 e. The van der Waals surface area contributed by atoms with Gasteiger partial charge in [-0.05, 0) is 96.7 Å². The van der Waals surface area contributed by atoms with Crippen LogP contribution in [0.3, 0.4) is 0 Å². The molecule has 0 unspecified atom stereocenters. The van der Waals surface area contributed by atoms with Crippen molar-refractivity contribution in [2.24, 2.45) is 0 Å². The molecule has 0 amide bonds. The lowest BCUT2D eigenvalue weighted by molar-refractivity contribution is 1.20. The summed E-state index contributed by atoms with van der Waals surface area (Å²) in [7, 11) is 0. The van der Waals surface area contributed by atoms with E-state index in [1.807, 2.05) is 12.1 Å². The molecule has 3 nitrogen and oxygen atoms in total. The molecule has 0 saturated carbocycles. The Morgan fingerprint density at radius 1 is 0.277 bits per heavy atom. The zero-order valence-electron chi connectivity index (χ0n) is 35.4. The van der Waals surface area contributed by atoms with E-state index in [4.69, 9.17) is 9.97 Å². The van der Waals surface area contributed by atoms with E-state index in [0.29, 0.717) is 0 Å². The van der Waals surface area contributed by atoms with E-state index in [2.05, 4.69) is 229 Å². The van der Waals surface area contributed by atoms with Crippen LogP contribution in [0.15, 0.2) is 237 Å². The van der Waals surface area contributed by atoms with Crippen molar-refractivity contribution in [1.29, 1.82) is 0 Å². The van der Waals surface area contributed by atoms with Gasteiger partial charge in [0, 0.05) is 27.3 Å². The van der Waals surface area contributed by atoms with Crippen molar-refractivity contribution in [2.45, 2.75) is 0 Å². The lowest BCUT2D eigenvalue weighted by Crippen LogP contribution is -1.99. The average molecular weight is 826 g/mol. The first-order chi connectivity index (χ1) is 32.2. The SMILES string of the molecule is c1ccc(-c2cccc(-c3ccc(-c4nc5ccccc5nc4-c4cccc5c(-n6c7ccc8ccccc8c7c7c8ccccc8c(-c8ccccc8)cc76)cccc45)cc3)c2)cc1. The Morgan fingerprint density at radius 2 is 0.800 bits per heavy atom. The van der Waals surface area contributed by atoms with Crippen LogP contribution in [-0.4, -0.2) is 14.5 Å². The zero-order chi connectivity index (χ0) is 42.8. The van der Waals surface area contributed by atoms with E-state index in [-0.39, 0.29) is 0 Å². The van der Waals surface area contributed by atoms with Crippen molar-refractivity contribution < 1.29 is 0 Å². The quantitative estimate of drug-likeness (QED) is 0.167. The van der Waals surface area contributed by atoms with Crippen LogP contribution in [0.5, 0.6) is 0 Å². The van der Waals surface area contributed by atoms with Gasteiger partial charge in [-0.15, -0.1) is 0 Å². The molecule has 0 aliphatic heterocycles. The summed E-state index contributed by atoms with van der Waals surface area (Å²) in [6.45, 7) is 0. The molecule has 3 heteroatoms. The summed E-state index contributed by atoms with van der Waals surface area (Å²) in [4.78, 5) is 10.8. The molecule has 0 atom stereocenters. The predicted molar refractivity (Wildman–Crippen MR) is 274 cm³/mol. The van der Waals surface area contributed by atoms with E-state index < -0.39 is 0 Å². The molecule has 0 saturated heterocycles. The summed E-state index contributed by atoms with van der Waals surface area (Å²) < 4.78 is 2.50. The van der Waals surface area contributed by atoms with Crippen LogP contribution >= 0.6 is 0 Å². The van der Waals surface area contributed by atoms with Crippen molar-refractivity contribution in [2.75, 3.05) is 0 Å². The van der Waals surface area contributed by atoms with Crippen LogP contribution < -0.4 is 0 Å². The molecule has 0 aliphatic carbocycles. The average Bonchev–Trinajstić information content (AvgIpc) is 3.73. The van der Waals surface area contributed by atoms with E-state index in [9.17, 15) is 0 Å². The molecule has 0 radical (unpaired) electrons. The van der Waals surface area contributed by atoms with E-state index >= 15 is 0 Å². The lowest BCUT2D eigenvalue weighted by Gasteiger charge is -2.17. The Labute approximate surface area is 376 Å². The van der Waals surface area contributed by atoms with Gasteiger partial charge in [0.25, 0.3) is 0 Å². The van der Waals surface area contributed by atoms with Gasteiger partial charge in [-0.25, -0.2) is 9.97 Å². The molecule has 13 aromatic rings. The number of para-hydroxylation sites is 2. The second kappa shape index (κ2) is 15.0. The lowest BCUT2D eigenvalue weighted by atomic mass is 9.94. The second-order valence-electron chi connectivity index (χ2n) is 16.9. The number of rotatable bonds is 6. The molecule has 2 heterocycles. The molecule has 0 spiro atoms. The summed E-state index contributed by atoms with van der Waals surface area (Å²) in [5.74, 6) is 0. The standard InChI is InChI=1S/C62H39N3/c1-3-16-40(17-4-1)45-21-13-22-46(38-45)41-32-34-44(35-33-41)61-62(64-55-30-12-11-29-54(55)63-61)52-28-14-27-50-48(52)26-15-31-56(50)65-57-37-36-43-20-7-8-23-47(43)59(57)60-51-25-10-9-24-49(51)53(39-58(60)65)42-18-5-2-6-19-42/h1-39H. The smallest absolute Gasteiger partial charge is 0.0979 e. The highest BCUT2D eigenvalue weighted by Crippen LogP contribution is 2.46. The van der Waals surface area contributed by atoms with Gasteiger partial charge >= 0.3 is 0 Å². The number of nitrogens with zero attached hydrogens (tertiary/aromatic N) is 3. The highest BCUT2D eigenvalue weighted by molar-refractivity contribution is 6.30. The highest BCUT2D eigenvalue weighted by atomic mass is 15.0. The van der Waals surface area contributed by atoms with Gasteiger partial charge in [0.1, 0.15) is 0 Å². The largest absolute Gasteiger partial charge is 0.309 e. The predicted octanol–water partition coefficient (Wildman–Crippen LogP) is 16.5. The van der Waals surface area contributed by atoms with Gasteiger partial charge < -0.3 is 4.57 Å². The molecule has 65 heavy (non-hydrogen) atoms. The Hall–Kier alpha value is -8.66. The minimum Gasteiger partial charge on any atom is -0.309 e. The maximum atomic E-state index is 5.43. The molecule has 0 bridgehead atoms. The van der Waals surface area contributed by atoms with Crippen LogP contribution in [0.2, 0.25) is 0 Å². The molecular weight excluding hydrogens is 787 g/mol. The topological polar surface area (TPSA) is 30.7 Å². The van der Waals surface area contributed by atoms with Crippen LogP contribution in [0.25, 0.3) is 127 Å². The third-order valence-corrected chi connectivity index (χ3v) is 13.2. The van der Waals surface area contributed by atoms with Crippen LogP contribution in [0.1, 0.15) is 0 Å².